The minimum absolute atomic E-state index is 0.119. The molecular formula is C25H28ClFN6O5. The summed E-state index contributed by atoms with van der Waals surface area (Å²) in [5.74, 6) is -3.91. The Morgan fingerprint density at radius 2 is 1.71 bits per heavy atom. The van der Waals surface area contributed by atoms with E-state index in [1.807, 2.05) is 0 Å². The summed E-state index contributed by atoms with van der Waals surface area (Å²) in [6.45, 7) is 0.317. The van der Waals surface area contributed by atoms with Crippen LogP contribution in [0.5, 0.6) is 0 Å². The zero-order valence-corrected chi connectivity index (χ0v) is 21.6. The highest BCUT2D eigenvalue weighted by Gasteiger charge is 2.31. The van der Waals surface area contributed by atoms with Crippen molar-refractivity contribution in [1.82, 2.24) is 25.4 Å². The normalized spacial score (nSPS) is 14.3. The fourth-order valence-corrected chi connectivity index (χ4v) is 3.93. The lowest BCUT2D eigenvalue weighted by molar-refractivity contribution is -0.138. The Hall–Kier alpha value is -4.06. The molecule has 0 saturated carbocycles. The molecule has 3 N–H and O–H groups in total. The van der Waals surface area contributed by atoms with Gasteiger partial charge in [-0.3, -0.25) is 24.0 Å². The van der Waals surface area contributed by atoms with E-state index in [0.29, 0.717) is 36.5 Å². The molecule has 1 aromatic heterocycles. The van der Waals surface area contributed by atoms with Gasteiger partial charge < -0.3 is 25.8 Å². The smallest absolute Gasteiger partial charge is 0.314 e. The number of piperidine rings is 1. The number of likely N-dealkylation sites (tertiary alicyclic amines) is 1. The van der Waals surface area contributed by atoms with Crippen LogP contribution in [-0.4, -0.2) is 84.1 Å². The summed E-state index contributed by atoms with van der Waals surface area (Å²) in [5.41, 5.74) is 0.359. The lowest BCUT2D eigenvalue weighted by Gasteiger charge is -2.32. The molecule has 0 radical (unpaired) electrons. The van der Waals surface area contributed by atoms with Gasteiger partial charge in [0.1, 0.15) is 17.7 Å². The average Bonchev–Trinajstić information content (AvgIpc) is 2.91. The Morgan fingerprint density at radius 1 is 1.05 bits per heavy atom. The molecule has 1 saturated heterocycles. The molecule has 38 heavy (non-hydrogen) atoms. The SMILES string of the molecule is CN(C)C(=O)C(CNC(=O)C(=O)Nc1ccc(Cl)cn1)NC(=O)C1CCN(C(=O)c2ccc(F)cc2)CC1. The zero-order chi connectivity index (χ0) is 27.8. The van der Waals surface area contributed by atoms with Crippen LogP contribution in [0.2, 0.25) is 5.02 Å². The molecule has 0 spiro atoms. The van der Waals surface area contributed by atoms with Crippen LogP contribution < -0.4 is 16.0 Å². The van der Waals surface area contributed by atoms with Gasteiger partial charge in [-0.2, -0.15) is 0 Å². The minimum Gasteiger partial charge on any atom is -0.347 e. The Bertz CT molecular complexity index is 1180. The monoisotopic (exact) mass is 546 g/mol. The molecule has 1 aliphatic rings. The van der Waals surface area contributed by atoms with Gasteiger partial charge in [-0.25, -0.2) is 9.37 Å². The second-order valence-electron chi connectivity index (χ2n) is 8.89. The van der Waals surface area contributed by atoms with Crippen molar-refractivity contribution in [1.29, 1.82) is 0 Å². The second-order valence-corrected chi connectivity index (χ2v) is 9.33. The van der Waals surface area contributed by atoms with Gasteiger partial charge in [0.25, 0.3) is 5.91 Å². The number of pyridine rings is 1. The first-order valence-corrected chi connectivity index (χ1v) is 12.2. The number of hydrogen-bond donors (Lipinski definition) is 3. The summed E-state index contributed by atoms with van der Waals surface area (Å²) < 4.78 is 13.1. The largest absolute Gasteiger partial charge is 0.347 e. The van der Waals surface area contributed by atoms with E-state index >= 15 is 0 Å². The lowest BCUT2D eigenvalue weighted by atomic mass is 9.95. The number of halogens is 2. The highest BCUT2D eigenvalue weighted by Crippen LogP contribution is 2.20. The Kier molecular flexibility index (Phi) is 9.72. The first kappa shape index (κ1) is 28.5. The molecule has 2 aromatic rings. The summed E-state index contributed by atoms with van der Waals surface area (Å²) >= 11 is 5.75. The van der Waals surface area contributed by atoms with E-state index in [4.69, 9.17) is 11.6 Å². The number of carbonyl (C=O) groups excluding carboxylic acids is 5. The Morgan fingerprint density at radius 3 is 2.29 bits per heavy atom. The van der Waals surface area contributed by atoms with Crippen LogP contribution in [0.1, 0.15) is 23.2 Å². The number of amides is 5. The van der Waals surface area contributed by atoms with E-state index in [1.54, 1.807) is 4.90 Å². The summed E-state index contributed by atoms with van der Waals surface area (Å²) in [4.78, 5) is 69.4. The fourth-order valence-electron chi connectivity index (χ4n) is 3.82. The van der Waals surface area contributed by atoms with E-state index < -0.39 is 41.4 Å². The summed E-state index contributed by atoms with van der Waals surface area (Å²) in [6, 6.07) is 7.06. The predicted molar refractivity (Wildman–Crippen MR) is 137 cm³/mol. The average molecular weight is 547 g/mol. The number of aromatic nitrogens is 1. The van der Waals surface area contributed by atoms with Gasteiger partial charge in [0.15, 0.2) is 0 Å². The van der Waals surface area contributed by atoms with Crippen molar-refractivity contribution in [3.05, 3.63) is 59.0 Å². The maximum atomic E-state index is 13.1. The van der Waals surface area contributed by atoms with Gasteiger partial charge in [0.05, 0.1) is 5.02 Å². The van der Waals surface area contributed by atoms with Crippen LogP contribution in [0.15, 0.2) is 42.6 Å². The molecule has 13 heteroatoms. The van der Waals surface area contributed by atoms with Crippen molar-refractivity contribution in [2.24, 2.45) is 5.92 Å². The molecule has 0 aliphatic carbocycles. The van der Waals surface area contributed by atoms with Gasteiger partial charge in [0, 0.05) is 51.4 Å². The number of hydrogen-bond acceptors (Lipinski definition) is 6. The number of benzene rings is 1. The number of nitrogens with zero attached hydrogens (tertiary/aromatic N) is 3. The molecular weight excluding hydrogens is 519 g/mol. The van der Waals surface area contributed by atoms with Crippen LogP contribution in [0.3, 0.4) is 0 Å². The Labute approximate surface area is 223 Å². The van der Waals surface area contributed by atoms with Crippen LogP contribution in [0.4, 0.5) is 10.2 Å². The number of rotatable bonds is 7. The molecule has 3 rings (SSSR count). The third-order valence-electron chi connectivity index (χ3n) is 5.94. The molecule has 2 heterocycles. The number of nitrogens with one attached hydrogen (secondary N) is 3. The van der Waals surface area contributed by atoms with Crippen molar-refractivity contribution >= 4 is 47.0 Å². The third-order valence-corrected chi connectivity index (χ3v) is 6.17. The van der Waals surface area contributed by atoms with E-state index in [1.165, 1.54) is 61.6 Å². The third kappa shape index (κ3) is 7.72. The van der Waals surface area contributed by atoms with Gasteiger partial charge in [-0.05, 0) is 49.2 Å². The molecule has 202 valence electrons. The second kappa shape index (κ2) is 13.0. The first-order valence-electron chi connectivity index (χ1n) is 11.8. The lowest BCUT2D eigenvalue weighted by Crippen LogP contribution is -2.55. The molecule has 0 bridgehead atoms. The van der Waals surface area contributed by atoms with Crippen LogP contribution >= 0.6 is 11.6 Å². The number of carbonyl (C=O) groups is 5. The Balaban J connectivity index is 1.53. The summed E-state index contributed by atoms with van der Waals surface area (Å²) in [5, 5.41) is 7.68. The molecule has 1 aromatic carbocycles. The van der Waals surface area contributed by atoms with Crippen molar-refractivity contribution in [2.75, 3.05) is 39.0 Å². The maximum absolute atomic E-state index is 13.1. The van der Waals surface area contributed by atoms with Crippen molar-refractivity contribution < 1.29 is 28.4 Å². The highest BCUT2D eigenvalue weighted by atomic mass is 35.5. The van der Waals surface area contributed by atoms with Crippen molar-refractivity contribution in [3.8, 4) is 0 Å². The summed E-state index contributed by atoms with van der Waals surface area (Å²) in [7, 11) is 3.00. The van der Waals surface area contributed by atoms with Gasteiger partial charge in [-0.15, -0.1) is 0 Å². The molecule has 11 nitrogen and oxygen atoms in total. The molecule has 5 amide bonds. The van der Waals surface area contributed by atoms with Gasteiger partial charge in [-0.1, -0.05) is 11.6 Å². The van der Waals surface area contributed by atoms with Crippen LogP contribution in [-0.2, 0) is 19.2 Å². The quantitative estimate of drug-likeness (QED) is 0.443. The zero-order valence-electron chi connectivity index (χ0n) is 20.9. The number of anilines is 1. The van der Waals surface area contributed by atoms with E-state index in [-0.39, 0.29) is 18.3 Å². The standard InChI is InChI=1S/C25H28ClFN6O5/c1-32(2)25(38)19(14-29-22(35)23(36)31-20-8-5-17(26)13-28-20)30-21(34)15-9-11-33(12-10-15)24(37)16-3-6-18(27)7-4-16/h3-8,13,15,19H,9-12,14H2,1-2H3,(H,29,35)(H,30,34)(H,28,31,36). The topological polar surface area (TPSA) is 141 Å². The van der Waals surface area contributed by atoms with E-state index in [2.05, 4.69) is 20.9 Å². The van der Waals surface area contributed by atoms with Crippen molar-refractivity contribution in [2.45, 2.75) is 18.9 Å². The van der Waals surface area contributed by atoms with Gasteiger partial charge in [0.2, 0.25) is 11.8 Å². The molecule has 1 unspecified atom stereocenters. The van der Waals surface area contributed by atoms with Gasteiger partial charge >= 0.3 is 11.8 Å². The van der Waals surface area contributed by atoms with E-state index in [9.17, 15) is 28.4 Å². The summed E-state index contributed by atoms with van der Waals surface area (Å²) in [6.07, 6.45) is 2.04. The molecule has 1 atom stereocenters. The predicted octanol–water partition coefficient (Wildman–Crippen LogP) is 1.05. The minimum atomic E-state index is -1.11. The van der Waals surface area contributed by atoms with Crippen LogP contribution in [0.25, 0.3) is 0 Å². The maximum Gasteiger partial charge on any atom is 0.314 e. The first-order chi connectivity index (χ1) is 18.0. The fraction of sp³-hybridized carbons (Fsp3) is 0.360. The van der Waals surface area contributed by atoms with E-state index in [0.717, 1.165) is 0 Å². The molecule has 1 fully saturated rings. The number of likely N-dealkylation sites (N-methyl/N-ethyl adjacent to an activating group) is 1. The molecule has 1 aliphatic heterocycles. The van der Waals surface area contributed by atoms with Crippen LogP contribution in [0, 0.1) is 11.7 Å². The highest BCUT2D eigenvalue weighted by molar-refractivity contribution is 6.39. The van der Waals surface area contributed by atoms with Crippen molar-refractivity contribution in [3.63, 3.8) is 0 Å².